The molecule has 0 aromatic heterocycles. The average Bonchev–Trinajstić information content (AvgIpc) is 2.15. The number of hydrogen-bond donors (Lipinski definition) is 0. The molecule has 0 fully saturated rings. The summed E-state index contributed by atoms with van der Waals surface area (Å²) in [7, 11) is -2.15. The van der Waals surface area contributed by atoms with Crippen molar-refractivity contribution >= 4 is 27.4 Å². The molecule has 4 nitrogen and oxygen atoms in total. The largest absolute Gasteiger partial charge is 0.465 e. The second kappa shape index (κ2) is 5.32. The number of methoxy groups -OCH3 is 1. The van der Waals surface area contributed by atoms with Crippen LogP contribution in [0.25, 0.3) is 0 Å². The summed E-state index contributed by atoms with van der Waals surface area (Å²) >= 11 is 5.72. The number of halogens is 1. The van der Waals surface area contributed by atoms with E-state index in [0.29, 0.717) is 0 Å². The predicted octanol–water partition coefficient (Wildman–Crippen LogP) is 2.17. The van der Waals surface area contributed by atoms with Crippen LogP contribution in [0.2, 0.25) is 5.02 Å². The van der Waals surface area contributed by atoms with Crippen molar-refractivity contribution in [1.82, 2.24) is 0 Å². The first kappa shape index (κ1) is 14.9. The highest BCUT2D eigenvalue weighted by molar-refractivity contribution is 7.90. The molecular weight excluding hydrogens is 252 g/mol. The van der Waals surface area contributed by atoms with Gasteiger partial charge in [-0.05, 0) is 18.2 Å². The highest BCUT2D eigenvalue weighted by Gasteiger charge is 2.15. The maximum atomic E-state index is 11.2. The number of ether oxygens (including phenoxy) is 1. The van der Waals surface area contributed by atoms with Crippen molar-refractivity contribution in [3.63, 3.8) is 0 Å². The molecule has 0 radical (unpaired) electrons. The Morgan fingerprint density at radius 2 is 1.94 bits per heavy atom. The molecule has 1 aromatic carbocycles. The van der Waals surface area contributed by atoms with Gasteiger partial charge in [-0.2, -0.15) is 0 Å². The zero-order valence-corrected chi connectivity index (χ0v) is 9.72. The van der Waals surface area contributed by atoms with Crippen LogP contribution in [-0.4, -0.2) is 27.8 Å². The summed E-state index contributed by atoms with van der Waals surface area (Å²) in [6.45, 7) is 0. The molecule has 0 aliphatic rings. The third-order valence-corrected chi connectivity index (χ3v) is 3.21. The van der Waals surface area contributed by atoms with Gasteiger partial charge in [0.25, 0.3) is 0 Å². The van der Waals surface area contributed by atoms with Gasteiger partial charge in [0, 0.05) is 6.26 Å². The Labute approximate surface area is 100 Å². The molecule has 0 unspecified atom stereocenters. The quantitative estimate of drug-likeness (QED) is 0.768. The highest BCUT2D eigenvalue weighted by atomic mass is 35.5. The van der Waals surface area contributed by atoms with Crippen LogP contribution in [0.5, 0.6) is 0 Å². The first-order chi connectivity index (χ1) is 6.86. The van der Waals surface area contributed by atoms with Gasteiger partial charge in [-0.25, -0.2) is 13.2 Å². The van der Waals surface area contributed by atoms with Gasteiger partial charge in [0.05, 0.1) is 22.6 Å². The zero-order valence-electron chi connectivity index (χ0n) is 8.15. The second-order valence-corrected chi connectivity index (χ2v) is 5.33. The van der Waals surface area contributed by atoms with Crippen molar-refractivity contribution in [2.45, 2.75) is 12.3 Å². The average molecular weight is 265 g/mol. The van der Waals surface area contributed by atoms with Crippen LogP contribution < -0.4 is 0 Å². The molecule has 6 heteroatoms. The molecule has 0 aliphatic carbocycles. The fourth-order valence-corrected chi connectivity index (χ4v) is 1.84. The van der Waals surface area contributed by atoms with Crippen molar-refractivity contribution in [3.05, 3.63) is 28.8 Å². The zero-order chi connectivity index (χ0) is 11.6. The molecule has 90 valence electrons. The Hall–Kier alpha value is -1.07. The van der Waals surface area contributed by atoms with E-state index in [1.54, 1.807) is 0 Å². The lowest BCUT2D eigenvalue weighted by Crippen LogP contribution is -2.05. The summed E-state index contributed by atoms with van der Waals surface area (Å²) < 4.78 is 26.9. The number of esters is 1. The van der Waals surface area contributed by atoms with E-state index in [1.165, 1.54) is 25.3 Å². The van der Waals surface area contributed by atoms with Crippen molar-refractivity contribution in [2.75, 3.05) is 13.4 Å². The number of rotatable bonds is 2. The molecule has 0 spiro atoms. The van der Waals surface area contributed by atoms with Crippen molar-refractivity contribution < 1.29 is 17.9 Å². The summed E-state index contributed by atoms with van der Waals surface area (Å²) in [5.74, 6) is -0.662. The molecule has 0 bridgehead atoms. The Kier molecular flexibility index (Phi) is 4.96. The number of carbonyl (C=O) groups is 1. The first-order valence-corrected chi connectivity index (χ1v) is 6.21. The molecule has 0 atom stereocenters. The van der Waals surface area contributed by atoms with Gasteiger partial charge in [-0.15, -0.1) is 0 Å². The summed E-state index contributed by atoms with van der Waals surface area (Å²) in [6, 6.07) is 3.89. The van der Waals surface area contributed by atoms with E-state index in [4.69, 9.17) is 11.6 Å². The lowest BCUT2D eigenvalue weighted by atomic mass is 10.2. The van der Waals surface area contributed by atoms with Crippen LogP contribution >= 0.6 is 11.6 Å². The van der Waals surface area contributed by atoms with Gasteiger partial charge in [-0.3, -0.25) is 0 Å². The maximum Gasteiger partial charge on any atom is 0.339 e. The maximum absolute atomic E-state index is 11.2. The van der Waals surface area contributed by atoms with Gasteiger partial charge in [0.15, 0.2) is 9.84 Å². The third-order valence-electron chi connectivity index (χ3n) is 1.77. The summed E-state index contributed by atoms with van der Waals surface area (Å²) in [4.78, 5) is 11.2. The van der Waals surface area contributed by atoms with Crippen LogP contribution in [0.4, 0.5) is 0 Å². The molecule has 0 amide bonds. The van der Waals surface area contributed by atoms with Crippen molar-refractivity contribution in [1.29, 1.82) is 0 Å². The molecule has 1 rings (SSSR count). The second-order valence-electron chi connectivity index (χ2n) is 2.91. The van der Waals surface area contributed by atoms with Crippen LogP contribution in [0, 0.1) is 0 Å². The topological polar surface area (TPSA) is 60.4 Å². The van der Waals surface area contributed by atoms with Gasteiger partial charge < -0.3 is 4.74 Å². The Balaban J connectivity index is 0.00000225. The first-order valence-electron chi connectivity index (χ1n) is 3.94. The summed E-state index contributed by atoms with van der Waals surface area (Å²) in [6.07, 6.45) is 1.05. The lowest BCUT2D eigenvalue weighted by Gasteiger charge is -2.04. The predicted molar refractivity (Wildman–Crippen MR) is 62.6 cm³/mol. The summed E-state index contributed by atoms with van der Waals surface area (Å²) in [5, 5.41) is 0.161. The Bertz CT molecular complexity index is 494. The minimum atomic E-state index is -3.35. The third kappa shape index (κ3) is 3.21. The Morgan fingerprint density at radius 3 is 2.38 bits per heavy atom. The van der Waals surface area contributed by atoms with E-state index in [-0.39, 0.29) is 22.9 Å². The number of hydrogen-bond acceptors (Lipinski definition) is 4. The SMILES string of the molecule is C.COC(=O)c1cc(S(C)(=O)=O)ccc1Cl. The van der Waals surface area contributed by atoms with E-state index < -0.39 is 15.8 Å². The standard InChI is InChI=1S/C9H9ClO4S.CH4/c1-14-9(11)7-5-6(15(2,12)13)3-4-8(7)10;/h3-5H,1-2H3;1H4. The molecule has 0 aliphatic heterocycles. The van der Waals surface area contributed by atoms with Gasteiger partial charge in [0.2, 0.25) is 0 Å². The van der Waals surface area contributed by atoms with Gasteiger partial charge >= 0.3 is 5.97 Å². The van der Waals surface area contributed by atoms with E-state index in [1.807, 2.05) is 0 Å². The molecule has 0 N–H and O–H groups in total. The minimum Gasteiger partial charge on any atom is -0.465 e. The number of carbonyl (C=O) groups excluding carboxylic acids is 1. The molecule has 0 heterocycles. The molecule has 16 heavy (non-hydrogen) atoms. The summed E-state index contributed by atoms with van der Waals surface area (Å²) in [5.41, 5.74) is 0.0436. The fraction of sp³-hybridized carbons (Fsp3) is 0.300. The van der Waals surface area contributed by atoms with E-state index in [2.05, 4.69) is 4.74 Å². The molecular formula is C10H13ClO4S. The van der Waals surface area contributed by atoms with Crippen LogP contribution in [0.3, 0.4) is 0 Å². The van der Waals surface area contributed by atoms with Crippen LogP contribution in [0.1, 0.15) is 17.8 Å². The Morgan fingerprint density at radius 1 is 1.38 bits per heavy atom. The number of benzene rings is 1. The van der Waals surface area contributed by atoms with Gasteiger partial charge in [-0.1, -0.05) is 19.0 Å². The minimum absolute atomic E-state index is 0. The van der Waals surface area contributed by atoms with Crippen LogP contribution in [-0.2, 0) is 14.6 Å². The van der Waals surface area contributed by atoms with E-state index in [9.17, 15) is 13.2 Å². The lowest BCUT2D eigenvalue weighted by molar-refractivity contribution is 0.0600. The highest BCUT2D eigenvalue weighted by Crippen LogP contribution is 2.21. The fourth-order valence-electron chi connectivity index (χ4n) is 1.00. The van der Waals surface area contributed by atoms with E-state index in [0.717, 1.165) is 6.26 Å². The number of sulfone groups is 1. The normalized spacial score (nSPS) is 10.4. The molecule has 0 saturated heterocycles. The van der Waals surface area contributed by atoms with Gasteiger partial charge in [0.1, 0.15) is 0 Å². The van der Waals surface area contributed by atoms with Crippen molar-refractivity contribution in [2.24, 2.45) is 0 Å². The monoisotopic (exact) mass is 264 g/mol. The van der Waals surface area contributed by atoms with E-state index >= 15 is 0 Å². The van der Waals surface area contributed by atoms with Crippen molar-refractivity contribution in [3.8, 4) is 0 Å². The molecule has 1 aromatic rings. The smallest absolute Gasteiger partial charge is 0.339 e. The molecule has 0 saturated carbocycles. The van der Waals surface area contributed by atoms with Crippen LogP contribution in [0.15, 0.2) is 23.1 Å².